The number of nitrogens with zero attached hydrogens (tertiary/aromatic N) is 2. The molecular formula is C6H4ClN2NaO2. The van der Waals surface area contributed by atoms with Gasteiger partial charge in [-0.15, -0.1) is 0 Å². The maximum Gasteiger partial charge on any atom is 1.00 e. The van der Waals surface area contributed by atoms with Gasteiger partial charge in [0.2, 0.25) is 0 Å². The summed E-state index contributed by atoms with van der Waals surface area (Å²) in [5, 5.41) is 10.2. The van der Waals surface area contributed by atoms with Crippen molar-refractivity contribution in [1.82, 2.24) is 9.97 Å². The van der Waals surface area contributed by atoms with Crippen LogP contribution < -0.4 is 34.7 Å². The first-order valence-corrected chi connectivity index (χ1v) is 3.23. The summed E-state index contributed by atoms with van der Waals surface area (Å²) in [6, 6.07) is 0. The smallest absolute Gasteiger partial charge is 0.550 e. The van der Waals surface area contributed by atoms with Crippen molar-refractivity contribution in [3.05, 3.63) is 23.2 Å². The monoisotopic (exact) mass is 194 g/mol. The summed E-state index contributed by atoms with van der Waals surface area (Å²) in [7, 11) is 0. The number of carbonyl (C=O) groups is 1. The van der Waals surface area contributed by atoms with Gasteiger partial charge in [0.25, 0.3) is 0 Å². The van der Waals surface area contributed by atoms with Gasteiger partial charge in [-0.05, 0) is 0 Å². The first kappa shape index (κ1) is 11.8. The third-order valence-electron chi connectivity index (χ3n) is 1.03. The number of carbonyl (C=O) groups excluding carboxylic acids is 1. The zero-order chi connectivity index (χ0) is 8.27. The van der Waals surface area contributed by atoms with Crippen LogP contribution in [-0.2, 0) is 11.2 Å². The molecule has 6 heteroatoms. The molecule has 0 spiro atoms. The molecule has 1 rings (SSSR count). The molecule has 12 heavy (non-hydrogen) atoms. The molecule has 0 fully saturated rings. The molecule has 0 aliphatic heterocycles. The molecule has 1 heterocycles. The second kappa shape index (κ2) is 5.48. The molecule has 0 saturated carbocycles. The Bertz CT molecular complexity index is 282. The van der Waals surface area contributed by atoms with Gasteiger partial charge < -0.3 is 9.90 Å². The summed E-state index contributed by atoms with van der Waals surface area (Å²) in [5.41, 5.74) is 0.231. The van der Waals surface area contributed by atoms with Crippen LogP contribution in [0.4, 0.5) is 0 Å². The van der Waals surface area contributed by atoms with E-state index in [0.29, 0.717) is 0 Å². The number of carboxylic acid groups (broad SMARTS) is 1. The predicted molar refractivity (Wildman–Crippen MR) is 35.8 cm³/mol. The van der Waals surface area contributed by atoms with E-state index in [9.17, 15) is 9.90 Å². The Labute approximate surface area is 96.3 Å². The van der Waals surface area contributed by atoms with Gasteiger partial charge in [0, 0.05) is 24.8 Å². The standard InChI is InChI=1S/C6H5ClN2O2.Na/c7-6-4(3-5(10)11)8-1-2-9-6;/h1-2H,3H2,(H,10,11);/q;+1/p-1. The topological polar surface area (TPSA) is 65.9 Å². The van der Waals surface area contributed by atoms with Gasteiger partial charge in [-0.3, -0.25) is 4.98 Å². The van der Waals surface area contributed by atoms with Gasteiger partial charge in [-0.1, -0.05) is 11.6 Å². The Morgan fingerprint density at radius 2 is 2.08 bits per heavy atom. The first-order valence-electron chi connectivity index (χ1n) is 2.85. The number of hydrogen-bond acceptors (Lipinski definition) is 4. The third-order valence-corrected chi connectivity index (χ3v) is 1.35. The van der Waals surface area contributed by atoms with Crippen molar-refractivity contribution in [2.75, 3.05) is 0 Å². The zero-order valence-corrected chi connectivity index (χ0v) is 9.21. The van der Waals surface area contributed by atoms with Crippen molar-refractivity contribution in [1.29, 1.82) is 0 Å². The van der Waals surface area contributed by atoms with Crippen LogP contribution in [0.2, 0.25) is 5.15 Å². The Hall–Kier alpha value is -0.160. The summed E-state index contributed by atoms with van der Waals surface area (Å²) in [6.45, 7) is 0. The Morgan fingerprint density at radius 1 is 1.50 bits per heavy atom. The number of hydrogen-bond donors (Lipinski definition) is 0. The molecule has 1 aromatic rings. The van der Waals surface area contributed by atoms with Gasteiger partial charge in [-0.25, -0.2) is 4.98 Å². The molecule has 0 bridgehead atoms. The molecule has 0 aromatic carbocycles. The molecule has 58 valence electrons. The van der Waals surface area contributed by atoms with E-state index < -0.39 is 5.97 Å². The van der Waals surface area contributed by atoms with Gasteiger partial charge in [0.05, 0.1) is 5.69 Å². The molecule has 0 radical (unpaired) electrons. The van der Waals surface area contributed by atoms with Gasteiger partial charge in [0.1, 0.15) is 0 Å². The molecule has 4 nitrogen and oxygen atoms in total. The van der Waals surface area contributed by atoms with Crippen LogP contribution in [0.1, 0.15) is 5.69 Å². The summed E-state index contributed by atoms with van der Waals surface area (Å²) < 4.78 is 0. The fourth-order valence-corrected chi connectivity index (χ4v) is 0.777. The molecule has 0 saturated heterocycles. The van der Waals surface area contributed by atoms with Crippen molar-refractivity contribution in [3.8, 4) is 0 Å². The van der Waals surface area contributed by atoms with Crippen LogP contribution >= 0.6 is 11.6 Å². The summed E-state index contributed by atoms with van der Waals surface area (Å²) in [4.78, 5) is 17.4. The van der Waals surface area contributed by atoms with E-state index >= 15 is 0 Å². The Balaban J connectivity index is 0.00000121. The van der Waals surface area contributed by atoms with Crippen molar-refractivity contribution in [3.63, 3.8) is 0 Å². The number of halogens is 1. The molecule has 0 amide bonds. The van der Waals surface area contributed by atoms with Crippen molar-refractivity contribution in [2.45, 2.75) is 6.42 Å². The fraction of sp³-hybridized carbons (Fsp3) is 0.167. The molecular weight excluding hydrogens is 191 g/mol. The van der Waals surface area contributed by atoms with Crippen LogP contribution in [0.5, 0.6) is 0 Å². The molecule has 0 unspecified atom stereocenters. The molecule has 0 N–H and O–H groups in total. The molecule has 0 aliphatic rings. The van der Waals surface area contributed by atoms with E-state index in [1.807, 2.05) is 0 Å². The van der Waals surface area contributed by atoms with E-state index in [1.54, 1.807) is 0 Å². The second-order valence-electron chi connectivity index (χ2n) is 1.84. The average Bonchev–Trinajstić information content (AvgIpc) is 1.93. The Kier molecular flexibility index (Phi) is 5.41. The first-order chi connectivity index (χ1) is 5.20. The normalized spacial score (nSPS) is 8.75. The van der Waals surface area contributed by atoms with Gasteiger partial charge in [0.15, 0.2) is 5.15 Å². The number of carboxylic acids is 1. The molecule has 0 aliphatic carbocycles. The van der Waals surface area contributed by atoms with E-state index in [0.717, 1.165) is 0 Å². The average molecular weight is 195 g/mol. The van der Waals surface area contributed by atoms with Crippen molar-refractivity contribution >= 4 is 17.6 Å². The maximum atomic E-state index is 10.1. The van der Waals surface area contributed by atoms with Crippen LogP contribution in [-0.4, -0.2) is 15.9 Å². The van der Waals surface area contributed by atoms with E-state index in [1.165, 1.54) is 12.4 Å². The maximum absolute atomic E-state index is 10.1. The van der Waals surface area contributed by atoms with Crippen LogP contribution in [0.15, 0.2) is 12.4 Å². The quantitative estimate of drug-likeness (QED) is 0.457. The van der Waals surface area contributed by atoms with Crippen LogP contribution in [0, 0.1) is 0 Å². The van der Waals surface area contributed by atoms with Crippen molar-refractivity contribution in [2.24, 2.45) is 0 Å². The zero-order valence-electron chi connectivity index (χ0n) is 6.45. The minimum atomic E-state index is -1.22. The number of aromatic nitrogens is 2. The minimum Gasteiger partial charge on any atom is -0.550 e. The largest absolute Gasteiger partial charge is 1.00 e. The fourth-order valence-electron chi connectivity index (χ4n) is 0.605. The van der Waals surface area contributed by atoms with Crippen LogP contribution in [0.25, 0.3) is 0 Å². The summed E-state index contributed by atoms with van der Waals surface area (Å²) in [5.74, 6) is -1.22. The SMILES string of the molecule is O=C([O-])Cc1nccnc1Cl.[Na+]. The van der Waals surface area contributed by atoms with Gasteiger partial charge in [-0.2, -0.15) is 0 Å². The summed E-state index contributed by atoms with van der Waals surface area (Å²) in [6.07, 6.45) is 2.47. The van der Waals surface area contributed by atoms with E-state index in [2.05, 4.69) is 9.97 Å². The molecule has 1 aromatic heterocycles. The number of rotatable bonds is 2. The van der Waals surface area contributed by atoms with E-state index in [-0.39, 0.29) is 46.8 Å². The minimum absolute atomic E-state index is 0. The van der Waals surface area contributed by atoms with Crippen molar-refractivity contribution < 1.29 is 39.5 Å². The number of aliphatic carboxylic acids is 1. The van der Waals surface area contributed by atoms with E-state index in [4.69, 9.17) is 11.6 Å². The van der Waals surface area contributed by atoms with Crippen LogP contribution in [0.3, 0.4) is 0 Å². The predicted octanol–water partition coefficient (Wildman–Crippen LogP) is -3.57. The Morgan fingerprint density at radius 3 is 2.58 bits per heavy atom. The summed E-state index contributed by atoms with van der Waals surface area (Å²) >= 11 is 5.50. The second-order valence-corrected chi connectivity index (χ2v) is 2.20. The van der Waals surface area contributed by atoms with Gasteiger partial charge >= 0.3 is 29.6 Å². The molecule has 0 atom stereocenters. The third kappa shape index (κ3) is 3.49.